The van der Waals surface area contributed by atoms with Crippen molar-refractivity contribution in [3.05, 3.63) is 23.7 Å². The van der Waals surface area contributed by atoms with Gasteiger partial charge < -0.3 is 9.73 Å². The van der Waals surface area contributed by atoms with Crippen LogP contribution in [0.15, 0.2) is 16.5 Å². The van der Waals surface area contributed by atoms with Crippen molar-refractivity contribution >= 4 is 17.5 Å². The summed E-state index contributed by atoms with van der Waals surface area (Å²) in [5, 5.41) is 2.87. The Balaban J connectivity index is 1.88. The Kier molecular flexibility index (Phi) is 3.24. The summed E-state index contributed by atoms with van der Waals surface area (Å²) in [4.78, 5) is 11.7. The van der Waals surface area contributed by atoms with E-state index in [0.717, 1.165) is 25.0 Å². The van der Waals surface area contributed by atoms with E-state index >= 15 is 0 Å². The first kappa shape index (κ1) is 11.5. The van der Waals surface area contributed by atoms with Gasteiger partial charge >= 0.3 is 0 Å². The van der Waals surface area contributed by atoms with Crippen LogP contribution >= 0.6 is 11.6 Å². The largest absolute Gasteiger partial charge is 0.456 e. The molecule has 4 heteroatoms. The number of rotatable bonds is 5. The first-order chi connectivity index (χ1) is 7.69. The maximum Gasteiger partial charge on any atom is 0.287 e. The van der Waals surface area contributed by atoms with Gasteiger partial charge in [-0.05, 0) is 25.0 Å². The third-order valence-electron chi connectivity index (χ3n) is 3.10. The average Bonchev–Trinajstić information content (AvgIpc) is 2.94. The van der Waals surface area contributed by atoms with E-state index in [2.05, 4.69) is 5.32 Å². The summed E-state index contributed by atoms with van der Waals surface area (Å²) in [6, 6.07) is 3.55. The Morgan fingerprint density at radius 3 is 2.81 bits per heavy atom. The van der Waals surface area contributed by atoms with E-state index in [9.17, 15) is 4.79 Å². The standard InChI is InChI=1S/C12H16ClNO2/c1-2-9-3-4-10(16-9)11(15)14-8-12(7-13)5-6-12/h3-4H,2,5-8H2,1H3,(H,14,15). The van der Waals surface area contributed by atoms with Gasteiger partial charge in [0.2, 0.25) is 0 Å². The van der Waals surface area contributed by atoms with Crippen LogP contribution in [0, 0.1) is 5.41 Å². The molecule has 88 valence electrons. The highest BCUT2D eigenvalue weighted by atomic mass is 35.5. The predicted molar refractivity (Wildman–Crippen MR) is 62.8 cm³/mol. The summed E-state index contributed by atoms with van der Waals surface area (Å²) in [5.41, 5.74) is 0.150. The van der Waals surface area contributed by atoms with Crippen molar-refractivity contribution in [1.82, 2.24) is 5.32 Å². The zero-order valence-corrected chi connectivity index (χ0v) is 10.1. The fourth-order valence-corrected chi connectivity index (χ4v) is 1.94. The lowest BCUT2D eigenvalue weighted by Gasteiger charge is -2.11. The number of carbonyl (C=O) groups excluding carboxylic acids is 1. The molecule has 2 rings (SSSR count). The molecule has 1 aliphatic rings. The monoisotopic (exact) mass is 241 g/mol. The summed E-state index contributed by atoms with van der Waals surface area (Å²) in [7, 11) is 0. The van der Waals surface area contributed by atoms with Gasteiger partial charge in [-0.25, -0.2) is 0 Å². The zero-order chi connectivity index (χ0) is 11.6. The smallest absolute Gasteiger partial charge is 0.287 e. The number of alkyl halides is 1. The molecule has 0 saturated heterocycles. The molecule has 1 fully saturated rings. The van der Waals surface area contributed by atoms with E-state index in [0.29, 0.717) is 18.2 Å². The lowest BCUT2D eigenvalue weighted by molar-refractivity contribution is 0.0917. The minimum atomic E-state index is -0.143. The number of hydrogen-bond acceptors (Lipinski definition) is 2. The first-order valence-electron chi connectivity index (χ1n) is 5.62. The second-order valence-corrected chi connectivity index (χ2v) is 4.70. The van der Waals surface area contributed by atoms with Crippen LogP contribution in [0.5, 0.6) is 0 Å². The second kappa shape index (κ2) is 4.50. The fraction of sp³-hybridized carbons (Fsp3) is 0.583. The highest BCUT2D eigenvalue weighted by Crippen LogP contribution is 2.45. The molecule has 0 aliphatic heterocycles. The lowest BCUT2D eigenvalue weighted by atomic mass is 10.1. The molecule has 0 bridgehead atoms. The molecule has 0 aromatic carbocycles. The van der Waals surface area contributed by atoms with Gasteiger partial charge in [0.15, 0.2) is 5.76 Å². The summed E-state index contributed by atoms with van der Waals surface area (Å²) >= 11 is 5.84. The van der Waals surface area contributed by atoms with Crippen molar-refractivity contribution in [3.8, 4) is 0 Å². The summed E-state index contributed by atoms with van der Waals surface area (Å²) in [6.45, 7) is 2.64. The topological polar surface area (TPSA) is 42.2 Å². The molecule has 0 radical (unpaired) electrons. The SMILES string of the molecule is CCc1ccc(C(=O)NCC2(CCl)CC2)o1. The maximum atomic E-state index is 11.7. The molecule has 3 nitrogen and oxygen atoms in total. The molecule has 1 heterocycles. The molecule has 1 amide bonds. The zero-order valence-electron chi connectivity index (χ0n) is 9.38. The van der Waals surface area contributed by atoms with Crippen molar-refractivity contribution in [2.45, 2.75) is 26.2 Å². The van der Waals surface area contributed by atoms with Crippen LogP contribution in [-0.2, 0) is 6.42 Å². The molecule has 1 aliphatic carbocycles. The summed E-state index contributed by atoms with van der Waals surface area (Å²) in [5.74, 6) is 1.70. The minimum Gasteiger partial charge on any atom is -0.456 e. The van der Waals surface area contributed by atoms with Gasteiger partial charge in [0.1, 0.15) is 5.76 Å². The third kappa shape index (κ3) is 2.40. The van der Waals surface area contributed by atoms with Crippen molar-refractivity contribution in [3.63, 3.8) is 0 Å². The van der Waals surface area contributed by atoms with E-state index in [1.165, 1.54) is 0 Å². The second-order valence-electron chi connectivity index (χ2n) is 4.44. The fourth-order valence-electron chi connectivity index (χ4n) is 1.58. The van der Waals surface area contributed by atoms with E-state index < -0.39 is 0 Å². The maximum absolute atomic E-state index is 11.7. The highest BCUT2D eigenvalue weighted by molar-refractivity contribution is 6.18. The van der Waals surface area contributed by atoms with Crippen molar-refractivity contribution in [2.75, 3.05) is 12.4 Å². The molecule has 0 unspecified atom stereocenters. The van der Waals surface area contributed by atoms with Gasteiger partial charge in [-0.1, -0.05) is 6.92 Å². The normalized spacial score (nSPS) is 17.1. The van der Waals surface area contributed by atoms with Crippen LogP contribution in [-0.4, -0.2) is 18.3 Å². The Morgan fingerprint density at radius 1 is 1.56 bits per heavy atom. The molecule has 0 spiro atoms. The van der Waals surface area contributed by atoms with Crippen LogP contribution in [0.1, 0.15) is 36.1 Å². The van der Waals surface area contributed by atoms with Crippen LogP contribution in [0.4, 0.5) is 0 Å². The van der Waals surface area contributed by atoms with Crippen LogP contribution < -0.4 is 5.32 Å². The number of furan rings is 1. The van der Waals surface area contributed by atoms with E-state index in [4.69, 9.17) is 16.0 Å². The quantitative estimate of drug-likeness (QED) is 0.806. The van der Waals surface area contributed by atoms with Crippen LogP contribution in [0.3, 0.4) is 0 Å². The molecular weight excluding hydrogens is 226 g/mol. The Morgan fingerprint density at radius 2 is 2.31 bits per heavy atom. The predicted octanol–water partition coefficient (Wildman–Crippen LogP) is 2.59. The Hall–Kier alpha value is -0.960. The summed E-state index contributed by atoms with van der Waals surface area (Å²) < 4.78 is 5.37. The number of halogens is 1. The summed E-state index contributed by atoms with van der Waals surface area (Å²) in [6.07, 6.45) is 3.02. The molecular formula is C12H16ClNO2. The number of aryl methyl sites for hydroxylation is 1. The van der Waals surface area contributed by atoms with Crippen molar-refractivity contribution in [2.24, 2.45) is 5.41 Å². The Labute approximate surface area is 100 Å². The Bertz CT molecular complexity index is 382. The van der Waals surface area contributed by atoms with E-state index in [-0.39, 0.29) is 11.3 Å². The third-order valence-corrected chi connectivity index (χ3v) is 3.67. The molecule has 1 saturated carbocycles. The number of nitrogens with one attached hydrogen (secondary N) is 1. The number of amides is 1. The van der Waals surface area contributed by atoms with Gasteiger partial charge in [0, 0.05) is 24.3 Å². The van der Waals surface area contributed by atoms with Crippen LogP contribution in [0.25, 0.3) is 0 Å². The van der Waals surface area contributed by atoms with Gasteiger partial charge in [0.25, 0.3) is 5.91 Å². The van der Waals surface area contributed by atoms with Crippen molar-refractivity contribution in [1.29, 1.82) is 0 Å². The molecule has 0 atom stereocenters. The van der Waals surface area contributed by atoms with E-state index in [1.807, 2.05) is 13.0 Å². The molecule has 1 aromatic rings. The average molecular weight is 242 g/mol. The van der Waals surface area contributed by atoms with Gasteiger partial charge in [-0.15, -0.1) is 11.6 Å². The van der Waals surface area contributed by atoms with Gasteiger partial charge in [-0.3, -0.25) is 4.79 Å². The van der Waals surface area contributed by atoms with Gasteiger partial charge in [-0.2, -0.15) is 0 Å². The number of hydrogen-bond donors (Lipinski definition) is 1. The van der Waals surface area contributed by atoms with Gasteiger partial charge in [0.05, 0.1) is 0 Å². The molecule has 1 aromatic heterocycles. The lowest BCUT2D eigenvalue weighted by Crippen LogP contribution is -2.30. The molecule has 16 heavy (non-hydrogen) atoms. The molecule has 1 N–H and O–H groups in total. The van der Waals surface area contributed by atoms with Crippen LogP contribution in [0.2, 0.25) is 0 Å². The van der Waals surface area contributed by atoms with Crippen molar-refractivity contribution < 1.29 is 9.21 Å². The minimum absolute atomic E-state index is 0.143. The number of carbonyl (C=O) groups is 1. The first-order valence-corrected chi connectivity index (χ1v) is 6.15. The van der Waals surface area contributed by atoms with E-state index in [1.54, 1.807) is 6.07 Å². The highest BCUT2D eigenvalue weighted by Gasteiger charge is 2.41.